The van der Waals surface area contributed by atoms with E-state index >= 15 is 0 Å². The lowest BCUT2D eigenvalue weighted by atomic mass is 9.86. The number of aromatic nitrogens is 2. The highest BCUT2D eigenvalue weighted by Gasteiger charge is 2.25. The molecule has 1 heterocycles. The highest BCUT2D eigenvalue weighted by Crippen LogP contribution is 2.27. The molecule has 0 unspecified atom stereocenters. The van der Waals surface area contributed by atoms with Gasteiger partial charge in [-0.15, -0.1) is 10.2 Å². The summed E-state index contributed by atoms with van der Waals surface area (Å²) in [5.41, 5.74) is 0.302. The Kier molecular flexibility index (Phi) is 4.09. The van der Waals surface area contributed by atoms with Gasteiger partial charge in [0.2, 0.25) is 11.8 Å². The van der Waals surface area contributed by atoms with Crippen LogP contribution in [0, 0.1) is 5.41 Å². The van der Waals surface area contributed by atoms with Gasteiger partial charge in [0, 0.05) is 17.0 Å². The molecule has 0 bridgehead atoms. The Hall–Kier alpha value is -1.88. The van der Waals surface area contributed by atoms with Crippen LogP contribution < -0.4 is 0 Å². The second kappa shape index (κ2) is 5.63. The summed E-state index contributed by atoms with van der Waals surface area (Å²) >= 11 is 5.91. The Morgan fingerprint density at radius 3 is 2.80 bits per heavy atom. The van der Waals surface area contributed by atoms with Crippen LogP contribution in [0.5, 0.6) is 0 Å². The van der Waals surface area contributed by atoms with E-state index in [-0.39, 0.29) is 6.42 Å². The minimum atomic E-state index is -0.843. The average molecular weight is 295 g/mol. The smallest absolute Gasteiger partial charge is 0.303 e. The van der Waals surface area contributed by atoms with Gasteiger partial charge in [-0.05, 0) is 23.6 Å². The van der Waals surface area contributed by atoms with E-state index in [2.05, 4.69) is 10.2 Å². The fourth-order valence-corrected chi connectivity index (χ4v) is 2.13. The Labute approximate surface area is 121 Å². The third-order valence-corrected chi connectivity index (χ3v) is 3.03. The van der Waals surface area contributed by atoms with E-state index in [4.69, 9.17) is 21.1 Å². The lowest BCUT2D eigenvalue weighted by Crippen LogP contribution is -2.19. The van der Waals surface area contributed by atoms with E-state index in [1.54, 1.807) is 18.2 Å². The first kappa shape index (κ1) is 14.5. The lowest BCUT2D eigenvalue weighted by Gasteiger charge is -2.19. The van der Waals surface area contributed by atoms with Crippen molar-refractivity contribution in [2.24, 2.45) is 5.41 Å². The highest BCUT2D eigenvalue weighted by atomic mass is 35.5. The topological polar surface area (TPSA) is 76.2 Å². The van der Waals surface area contributed by atoms with E-state index in [0.717, 1.165) is 5.56 Å². The number of rotatable bonds is 5. The summed E-state index contributed by atoms with van der Waals surface area (Å²) in [6.07, 6.45) is 0.453. The summed E-state index contributed by atoms with van der Waals surface area (Å²) < 4.78 is 5.57. The molecular formula is C14H15ClN2O3. The minimum absolute atomic E-state index is 0.0435. The van der Waals surface area contributed by atoms with E-state index in [1.165, 1.54) is 0 Å². The van der Waals surface area contributed by atoms with Crippen molar-refractivity contribution in [1.29, 1.82) is 0 Å². The molecule has 2 aromatic rings. The standard InChI is InChI=1S/C14H15ClN2O3/c1-14(2,8-12(18)19)7-11-16-17-13(20-11)9-4-3-5-10(15)6-9/h3-6H,7-8H2,1-2H3,(H,18,19). The predicted molar refractivity (Wildman–Crippen MR) is 74.5 cm³/mol. The predicted octanol–water partition coefficient (Wildman–Crippen LogP) is 3.43. The number of carboxylic acid groups (broad SMARTS) is 1. The van der Waals surface area contributed by atoms with E-state index < -0.39 is 11.4 Å². The minimum Gasteiger partial charge on any atom is -0.481 e. The number of halogens is 1. The molecule has 0 aliphatic heterocycles. The van der Waals surface area contributed by atoms with Gasteiger partial charge in [-0.1, -0.05) is 31.5 Å². The first-order valence-electron chi connectivity index (χ1n) is 6.16. The molecule has 0 saturated carbocycles. The van der Waals surface area contributed by atoms with Crippen molar-refractivity contribution in [2.75, 3.05) is 0 Å². The first-order valence-corrected chi connectivity index (χ1v) is 6.54. The Balaban J connectivity index is 2.15. The summed E-state index contributed by atoms with van der Waals surface area (Å²) in [6.45, 7) is 3.70. The average Bonchev–Trinajstić information content (AvgIpc) is 2.74. The zero-order chi connectivity index (χ0) is 14.8. The molecule has 1 aromatic carbocycles. The van der Waals surface area contributed by atoms with Crippen LogP contribution in [-0.2, 0) is 11.2 Å². The molecular weight excluding hydrogens is 280 g/mol. The van der Waals surface area contributed by atoms with Gasteiger partial charge in [0.15, 0.2) is 0 Å². The van der Waals surface area contributed by atoms with Crippen molar-refractivity contribution in [3.63, 3.8) is 0 Å². The van der Waals surface area contributed by atoms with Crippen LogP contribution in [0.4, 0.5) is 0 Å². The van der Waals surface area contributed by atoms with Crippen molar-refractivity contribution < 1.29 is 14.3 Å². The van der Waals surface area contributed by atoms with Crippen LogP contribution in [0.1, 0.15) is 26.2 Å². The molecule has 1 aromatic heterocycles. The van der Waals surface area contributed by atoms with Crippen LogP contribution in [0.2, 0.25) is 5.02 Å². The number of aliphatic carboxylic acids is 1. The van der Waals surface area contributed by atoms with E-state index in [9.17, 15) is 4.79 Å². The molecule has 0 aliphatic carbocycles. The molecule has 1 N–H and O–H groups in total. The molecule has 106 valence electrons. The zero-order valence-corrected chi connectivity index (χ0v) is 12.0. The molecule has 0 aliphatic rings. The number of benzene rings is 1. The van der Waals surface area contributed by atoms with Gasteiger partial charge in [-0.2, -0.15) is 0 Å². The second-order valence-electron chi connectivity index (χ2n) is 5.42. The molecule has 0 radical (unpaired) electrons. The van der Waals surface area contributed by atoms with Crippen molar-refractivity contribution >= 4 is 17.6 Å². The SMILES string of the molecule is CC(C)(CC(=O)O)Cc1nnc(-c2cccc(Cl)c2)o1. The molecule has 6 heteroatoms. The number of carbonyl (C=O) groups is 1. The van der Waals surface area contributed by atoms with Gasteiger partial charge >= 0.3 is 5.97 Å². The Morgan fingerprint density at radius 1 is 1.40 bits per heavy atom. The highest BCUT2D eigenvalue weighted by molar-refractivity contribution is 6.30. The van der Waals surface area contributed by atoms with Crippen LogP contribution >= 0.6 is 11.6 Å². The quantitative estimate of drug-likeness (QED) is 0.914. The van der Waals surface area contributed by atoms with Crippen molar-refractivity contribution in [2.45, 2.75) is 26.7 Å². The maximum absolute atomic E-state index is 10.8. The van der Waals surface area contributed by atoms with Crippen molar-refractivity contribution in [3.8, 4) is 11.5 Å². The number of carboxylic acids is 1. The largest absolute Gasteiger partial charge is 0.481 e. The third kappa shape index (κ3) is 3.81. The molecule has 20 heavy (non-hydrogen) atoms. The van der Waals surface area contributed by atoms with Crippen molar-refractivity contribution in [1.82, 2.24) is 10.2 Å². The number of nitrogens with zero attached hydrogens (tertiary/aromatic N) is 2. The van der Waals surface area contributed by atoms with Gasteiger partial charge < -0.3 is 9.52 Å². The fourth-order valence-electron chi connectivity index (χ4n) is 1.94. The van der Waals surface area contributed by atoms with Crippen LogP contribution in [0.15, 0.2) is 28.7 Å². The zero-order valence-electron chi connectivity index (χ0n) is 11.3. The molecule has 0 amide bonds. The first-order chi connectivity index (χ1) is 9.35. The van der Waals surface area contributed by atoms with E-state index in [0.29, 0.717) is 23.2 Å². The summed E-state index contributed by atoms with van der Waals surface area (Å²) in [5, 5.41) is 17.4. The maximum Gasteiger partial charge on any atom is 0.303 e. The van der Waals surface area contributed by atoms with Gasteiger partial charge in [-0.25, -0.2) is 0 Å². The molecule has 0 saturated heterocycles. The lowest BCUT2D eigenvalue weighted by molar-refractivity contribution is -0.139. The normalized spacial score (nSPS) is 11.6. The summed E-state index contributed by atoms with van der Waals surface area (Å²) in [5.74, 6) is -0.0376. The molecule has 5 nitrogen and oxygen atoms in total. The summed E-state index contributed by atoms with van der Waals surface area (Å²) in [4.78, 5) is 10.8. The van der Waals surface area contributed by atoms with Gasteiger partial charge in [0.1, 0.15) is 0 Å². The summed E-state index contributed by atoms with van der Waals surface area (Å²) in [7, 11) is 0. The van der Waals surface area contributed by atoms with E-state index in [1.807, 2.05) is 19.9 Å². The van der Waals surface area contributed by atoms with Crippen LogP contribution in [0.25, 0.3) is 11.5 Å². The second-order valence-corrected chi connectivity index (χ2v) is 5.86. The number of hydrogen-bond acceptors (Lipinski definition) is 4. The van der Waals surface area contributed by atoms with Crippen molar-refractivity contribution in [3.05, 3.63) is 35.2 Å². The molecule has 0 atom stereocenters. The molecule has 0 spiro atoms. The Bertz CT molecular complexity index is 622. The van der Waals surface area contributed by atoms with Crippen LogP contribution in [-0.4, -0.2) is 21.3 Å². The number of hydrogen-bond donors (Lipinski definition) is 1. The molecule has 2 rings (SSSR count). The van der Waals surface area contributed by atoms with Crippen LogP contribution in [0.3, 0.4) is 0 Å². The Morgan fingerprint density at radius 2 is 2.15 bits per heavy atom. The third-order valence-electron chi connectivity index (χ3n) is 2.80. The summed E-state index contributed by atoms with van der Waals surface area (Å²) in [6, 6.07) is 7.13. The van der Waals surface area contributed by atoms with Gasteiger partial charge in [0.05, 0.1) is 6.42 Å². The fraction of sp³-hybridized carbons (Fsp3) is 0.357. The monoisotopic (exact) mass is 294 g/mol. The molecule has 0 fully saturated rings. The maximum atomic E-state index is 10.8. The van der Waals surface area contributed by atoms with Gasteiger partial charge in [0.25, 0.3) is 0 Å². The van der Waals surface area contributed by atoms with Gasteiger partial charge in [-0.3, -0.25) is 4.79 Å².